The summed E-state index contributed by atoms with van der Waals surface area (Å²) in [4.78, 5) is 9.22. The van der Waals surface area contributed by atoms with Gasteiger partial charge in [0.2, 0.25) is 0 Å². The van der Waals surface area contributed by atoms with Crippen LogP contribution in [0.15, 0.2) is 30.5 Å². The highest BCUT2D eigenvalue weighted by Crippen LogP contribution is 2.30. The zero-order chi connectivity index (χ0) is 14.1. The lowest BCUT2D eigenvalue weighted by atomic mass is 10.0. The van der Waals surface area contributed by atoms with Gasteiger partial charge < -0.3 is 9.80 Å². The van der Waals surface area contributed by atoms with Gasteiger partial charge in [-0.2, -0.15) is 0 Å². The van der Waals surface area contributed by atoms with Crippen LogP contribution < -0.4 is 4.90 Å². The predicted molar refractivity (Wildman–Crippen MR) is 85.7 cm³/mol. The molecule has 1 fully saturated rings. The number of aromatic nitrogens is 1. The van der Waals surface area contributed by atoms with Crippen molar-refractivity contribution in [2.24, 2.45) is 0 Å². The highest BCUT2D eigenvalue weighted by atomic mass is 35.5. The summed E-state index contributed by atoms with van der Waals surface area (Å²) in [6.07, 6.45) is 4.30. The van der Waals surface area contributed by atoms with Crippen molar-refractivity contribution in [3.63, 3.8) is 0 Å². The maximum atomic E-state index is 6.15. The number of likely N-dealkylation sites (tertiary alicyclic amines) is 1. The smallest absolute Gasteiger partial charge is 0.0723 e. The molecule has 1 aromatic heterocycles. The van der Waals surface area contributed by atoms with Crippen LogP contribution in [0.1, 0.15) is 12.8 Å². The van der Waals surface area contributed by atoms with Crippen LogP contribution in [0.5, 0.6) is 0 Å². The van der Waals surface area contributed by atoms with Crippen LogP contribution in [0.3, 0.4) is 0 Å². The number of benzene rings is 1. The molecule has 0 amide bonds. The second-order valence-electron chi connectivity index (χ2n) is 5.64. The number of fused-ring (bicyclic) bond motifs is 1. The molecular formula is C16H20ClN3. The zero-order valence-electron chi connectivity index (χ0n) is 12.0. The Morgan fingerprint density at radius 2 is 2.00 bits per heavy atom. The molecule has 0 radical (unpaired) electrons. The molecule has 0 atom stereocenters. The van der Waals surface area contributed by atoms with Crippen molar-refractivity contribution in [3.8, 4) is 0 Å². The lowest BCUT2D eigenvalue weighted by Crippen LogP contribution is -2.42. The van der Waals surface area contributed by atoms with Crippen LogP contribution in [0, 0.1) is 0 Å². The molecule has 0 aliphatic carbocycles. The van der Waals surface area contributed by atoms with Crippen molar-refractivity contribution in [2.45, 2.75) is 18.9 Å². The van der Waals surface area contributed by atoms with Crippen molar-refractivity contribution in [1.82, 2.24) is 9.88 Å². The van der Waals surface area contributed by atoms with Crippen LogP contribution in [0.4, 0.5) is 5.69 Å². The summed E-state index contributed by atoms with van der Waals surface area (Å²) < 4.78 is 0. The van der Waals surface area contributed by atoms with E-state index >= 15 is 0 Å². The average Bonchev–Trinajstić information content (AvgIpc) is 2.46. The molecule has 0 N–H and O–H groups in total. The molecule has 4 heteroatoms. The molecule has 0 spiro atoms. The van der Waals surface area contributed by atoms with E-state index in [-0.39, 0.29) is 0 Å². The summed E-state index contributed by atoms with van der Waals surface area (Å²) in [5.41, 5.74) is 2.23. The molecule has 1 aliphatic rings. The van der Waals surface area contributed by atoms with Crippen molar-refractivity contribution in [1.29, 1.82) is 0 Å². The first-order valence-electron chi connectivity index (χ1n) is 7.11. The zero-order valence-corrected chi connectivity index (χ0v) is 12.8. The first-order valence-corrected chi connectivity index (χ1v) is 7.48. The van der Waals surface area contributed by atoms with Crippen molar-refractivity contribution >= 4 is 28.2 Å². The van der Waals surface area contributed by atoms with Gasteiger partial charge in [0.25, 0.3) is 0 Å². The van der Waals surface area contributed by atoms with Gasteiger partial charge in [-0.25, -0.2) is 0 Å². The molecule has 1 aromatic carbocycles. The summed E-state index contributed by atoms with van der Waals surface area (Å²) in [6, 6.07) is 8.59. The van der Waals surface area contributed by atoms with E-state index < -0.39 is 0 Å². The third-order valence-corrected chi connectivity index (χ3v) is 4.53. The number of anilines is 1. The van der Waals surface area contributed by atoms with E-state index in [0.29, 0.717) is 6.04 Å². The third kappa shape index (κ3) is 2.60. The van der Waals surface area contributed by atoms with E-state index in [9.17, 15) is 0 Å². The molecule has 20 heavy (non-hydrogen) atoms. The first-order chi connectivity index (χ1) is 9.65. The van der Waals surface area contributed by atoms with E-state index in [1.807, 2.05) is 24.4 Å². The number of hydrogen-bond donors (Lipinski definition) is 0. The van der Waals surface area contributed by atoms with Gasteiger partial charge in [0.1, 0.15) is 0 Å². The quantitative estimate of drug-likeness (QED) is 0.844. The van der Waals surface area contributed by atoms with Gasteiger partial charge in [-0.3, -0.25) is 4.98 Å². The molecule has 2 heterocycles. The summed E-state index contributed by atoms with van der Waals surface area (Å²) in [5, 5.41) is 1.91. The fourth-order valence-electron chi connectivity index (χ4n) is 2.99. The van der Waals surface area contributed by atoms with E-state index in [0.717, 1.165) is 15.9 Å². The Hall–Kier alpha value is -1.32. The minimum atomic E-state index is 0.593. The monoisotopic (exact) mass is 289 g/mol. The number of rotatable bonds is 2. The molecular weight excluding hydrogens is 270 g/mol. The van der Waals surface area contributed by atoms with E-state index in [4.69, 9.17) is 11.6 Å². The minimum absolute atomic E-state index is 0.593. The van der Waals surface area contributed by atoms with Gasteiger partial charge in [0.05, 0.1) is 5.52 Å². The highest BCUT2D eigenvalue weighted by molar-refractivity contribution is 6.31. The molecule has 106 valence electrons. The Labute approximate surface area is 125 Å². The highest BCUT2D eigenvalue weighted by Gasteiger charge is 2.21. The number of hydrogen-bond acceptors (Lipinski definition) is 3. The molecule has 2 aromatic rings. The van der Waals surface area contributed by atoms with Gasteiger partial charge in [0.15, 0.2) is 0 Å². The Morgan fingerprint density at radius 3 is 2.75 bits per heavy atom. The van der Waals surface area contributed by atoms with Crippen LogP contribution in [0.2, 0.25) is 5.02 Å². The van der Waals surface area contributed by atoms with Gasteiger partial charge in [0, 0.05) is 35.4 Å². The van der Waals surface area contributed by atoms with E-state index in [2.05, 4.69) is 34.9 Å². The Bertz CT molecular complexity index is 606. The standard InChI is InChI=1S/C16H20ClN3/c1-19-9-6-13(7-10-19)20(2)16-5-8-18-15-4-3-12(17)11-14(15)16/h3-5,8,11,13H,6-7,9-10H2,1-2H3. The molecule has 0 saturated carbocycles. The SMILES string of the molecule is CN1CCC(N(C)c2ccnc3ccc(Cl)cc23)CC1. The van der Waals surface area contributed by atoms with Crippen molar-refractivity contribution < 1.29 is 0 Å². The van der Waals surface area contributed by atoms with Crippen molar-refractivity contribution in [2.75, 3.05) is 32.1 Å². The molecule has 3 nitrogen and oxygen atoms in total. The largest absolute Gasteiger partial charge is 0.371 e. The average molecular weight is 290 g/mol. The van der Waals surface area contributed by atoms with E-state index in [1.54, 1.807) is 0 Å². The Morgan fingerprint density at radius 1 is 1.25 bits per heavy atom. The molecule has 0 unspecified atom stereocenters. The fourth-order valence-corrected chi connectivity index (χ4v) is 3.16. The van der Waals surface area contributed by atoms with Crippen LogP contribution in [-0.4, -0.2) is 43.1 Å². The number of halogens is 1. The molecule has 3 rings (SSSR count). The van der Waals surface area contributed by atoms with Crippen molar-refractivity contribution in [3.05, 3.63) is 35.5 Å². The second-order valence-corrected chi connectivity index (χ2v) is 6.07. The molecule has 1 aliphatic heterocycles. The predicted octanol–water partition coefficient (Wildman–Crippen LogP) is 3.42. The minimum Gasteiger partial charge on any atom is -0.371 e. The topological polar surface area (TPSA) is 19.4 Å². The summed E-state index contributed by atoms with van der Waals surface area (Å²) in [5.74, 6) is 0. The Balaban J connectivity index is 1.95. The number of nitrogens with zero attached hydrogens (tertiary/aromatic N) is 3. The fraction of sp³-hybridized carbons (Fsp3) is 0.438. The second kappa shape index (κ2) is 5.58. The normalized spacial score (nSPS) is 17.6. The number of pyridine rings is 1. The van der Waals surface area contributed by atoms with Gasteiger partial charge >= 0.3 is 0 Å². The van der Waals surface area contributed by atoms with Crippen LogP contribution >= 0.6 is 11.6 Å². The van der Waals surface area contributed by atoms with Gasteiger partial charge in [-0.1, -0.05) is 11.6 Å². The number of piperidine rings is 1. The lowest BCUT2D eigenvalue weighted by molar-refractivity contribution is 0.253. The first kappa shape index (κ1) is 13.7. The molecule has 0 bridgehead atoms. The van der Waals surface area contributed by atoms with E-state index in [1.165, 1.54) is 31.6 Å². The summed E-state index contributed by atoms with van der Waals surface area (Å²) in [6.45, 7) is 2.33. The Kier molecular flexibility index (Phi) is 3.81. The van der Waals surface area contributed by atoms with Gasteiger partial charge in [-0.15, -0.1) is 0 Å². The molecule has 1 saturated heterocycles. The van der Waals surface area contributed by atoms with Crippen LogP contribution in [0.25, 0.3) is 10.9 Å². The summed E-state index contributed by atoms with van der Waals surface area (Å²) in [7, 11) is 4.38. The lowest BCUT2D eigenvalue weighted by Gasteiger charge is -2.36. The third-order valence-electron chi connectivity index (χ3n) is 4.30. The summed E-state index contributed by atoms with van der Waals surface area (Å²) >= 11 is 6.15. The van der Waals surface area contributed by atoms with Crippen LogP contribution in [-0.2, 0) is 0 Å². The maximum Gasteiger partial charge on any atom is 0.0723 e. The van der Waals surface area contributed by atoms with Gasteiger partial charge in [-0.05, 0) is 57.2 Å². The maximum absolute atomic E-state index is 6.15.